The summed E-state index contributed by atoms with van der Waals surface area (Å²) in [5.74, 6) is -0.0641. The van der Waals surface area contributed by atoms with Crippen molar-refractivity contribution in [3.8, 4) is 5.75 Å². The van der Waals surface area contributed by atoms with Gasteiger partial charge in [-0.1, -0.05) is 37.1 Å². The molecule has 2 aromatic carbocycles. The Balaban J connectivity index is 1.07. The molecule has 3 aliphatic heterocycles. The number of benzene rings is 2. The van der Waals surface area contributed by atoms with Crippen molar-refractivity contribution in [3.05, 3.63) is 58.1 Å². The highest BCUT2D eigenvalue weighted by atomic mass is 79.9. The van der Waals surface area contributed by atoms with Gasteiger partial charge in [-0.3, -0.25) is 9.69 Å². The molecule has 0 spiro atoms. The summed E-state index contributed by atoms with van der Waals surface area (Å²) in [5.41, 5.74) is 2.77. The Kier molecular flexibility index (Phi) is 9.61. The van der Waals surface area contributed by atoms with E-state index in [2.05, 4.69) is 26.1 Å². The lowest BCUT2D eigenvalue weighted by molar-refractivity contribution is -0.143. The van der Waals surface area contributed by atoms with Crippen LogP contribution in [-0.2, 0) is 22.4 Å². The van der Waals surface area contributed by atoms with Crippen LogP contribution in [0.5, 0.6) is 5.75 Å². The van der Waals surface area contributed by atoms with Gasteiger partial charge in [-0.05, 0) is 77.4 Å². The van der Waals surface area contributed by atoms with Gasteiger partial charge in [-0.25, -0.2) is 9.59 Å². The summed E-state index contributed by atoms with van der Waals surface area (Å²) in [6.45, 7) is 4.45. The third-order valence-electron chi connectivity index (χ3n) is 9.72. The van der Waals surface area contributed by atoms with Crippen LogP contribution in [0.3, 0.4) is 0 Å². The van der Waals surface area contributed by atoms with Gasteiger partial charge in [0.1, 0.15) is 5.75 Å². The van der Waals surface area contributed by atoms with E-state index in [1.807, 2.05) is 34.1 Å². The van der Waals surface area contributed by atoms with E-state index in [1.54, 1.807) is 23.1 Å². The Bertz CT molecular complexity index is 1350. The van der Waals surface area contributed by atoms with Crippen LogP contribution >= 0.6 is 15.9 Å². The molecule has 3 heterocycles. The van der Waals surface area contributed by atoms with Crippen molar-refractivity contribution < 1.29 is 24.2 Å². The van der Waals surface area contributed by atoms with E-state index in [9.17, 15) is 19.5 Å². The topological polar surface area (TPSA) is 106 Å². The maximum absolute atomic E-state index is 13.8. The minimum absolute atomic E-state index is 0.0244. The van der Waals surface area contributed by atoms with Crippen molar-refractivity contribution in [2.45, 2.75) is 69.6 Å². The number of rotatable bonds is 6. The molecule has 4 aliphatic rings. The van der Waals surface area contributed by atoms with Crippen molar-refractivity contribution >= 4 is 39.6 Å². The second-order valence-corrected chi connectivity index (χ2v) is 13.3. The van der Waals surface area contributed by atoms with E-state index in [0.29, 0.717) is 56.1 Å². The third-order valence-corrected chi connectivity index (χ3v) is 10.4. The number of piperazine rings is 1. The van der Waals surface area contributed by atoms with Gasteiger partial charge in [0.05, 0.1) is 4.47 Å². The number of nitrogens with zero attached hydrogens (tertiary/aromatic N) is 4. The number of likely N-dealkylation sites (tertiary alicyclic amines) is 1. The first-order valence-corrected chi connectivity index (χ1v) is 16.8. The standard InChI is InChI=1S/C33H42BrN5O5/c34-27-21-23(9-10-29(27)40)22-30(31(41)37-19-17-36(18-20-37)25-6-2-3-7-25)44-33(43)38-14-12-26(13-15-38)39-16-11-24-5-1-4-8-28(24)35-32(39)42/h1,4-5,8-10,21,25-26,30,40H,2-3,6-7,11-20,22H2,(H,35,42). The summed E-state index contributed by atoms with van der Waals surface area (Å²) in [6, 6.07) is 13.5. The highest BCUT2D eigenvalue weighted by Crippen LogP contribution is 2.28. The maximum Gasteiger partial charge on any atom is 0.410 e. The Morgan fingerprint density at radius 3 is 2.36 bits per heavy atom. The number of piperidine rings is 1. The highest BCUT2D eigenvalue weighted by molar-refractivity contribution is 9.10. The van der Waals surface area contributed by atoms with Crippen LogP contribution in [-0.4, -0.2) is 107 Å². The molecule has 1 atom stereocenters. The lowest BCUT2D eigenvalue weighted by atomic mass is 10.0. The molecule has 1 unspecified atom stereocenters. The highest BCUT2D eigenvalue weighted by Gasteiger charge is 2.36. The number of para-hydroxylation sites is 1. The molecule has 4 amide bonds. The minimum Gasteiger partial charge on any atom is -0.507 e. The Hall–Kier alpha value is -3.31. The molecular formula is C33H42BrN5O5. The predicted molar refractivity (Wildman–Crippen MR) is 171 cm³/mol. The zero-order chi connectivity index (χ0) is 30.6. The van der Waals surface area contributed by atoms with Crippen LogP contribution in [0.25, 0.3) is 0 Å². The molecule has 10 nitrogen and oxygen atoms in total. The van der Waals surface area contributed by atoms with Gasteiger partial charge in [-0.15, -0.1) is 0 Å². The van der Waals surface area contributed by atoms with Gasteiger partial charge >= 0.3 is 12.1 Å². The van der Waals surface area contributed by atoms with Gasteiger partial charge < -0.3 is 29.9 Å². The van der Waals surface area contributed by atoms with Crippen LogP contribution in [0.15, 0.2) is 46.9 Å². The quantitative estimate of drug-likeness (QED) is 0.457. The lowest BCUT2D eigenvalue weighted by Crippen LogP contribution is -2.55. The number of phenolic OH excluding ortho intramolecular Hbond substituents is 1. The molecule has 2 saturated heterocycles. The molecule has 11 heteroatoms. The Morgan fingerprint density at radius 2 is 1.64 bits per heavy atom. The molecular weight excluding hydrogens is 626 g/mol. The van der Waals surface area contributed by atoms with Gasteiger partial charge in [0.25, 0.3) is 5.91 Å². The molecule has 2 N–H and O–H groups in total. The zero-order valence-electron chi connectivity index (χ0n) is 25.1. The molecule has 0 bridgehead atoms. The monoisotopic (exact) mass is 667 g/mol. The summed E-state index contributed by atoms with van der Waals surface area (Å²) in [6.07, 6.45) is 5.84. The fourth-order valence-electron chi connectivity index (χ4n) is 7.15. The molecule has 0 radical (unpaired) electrons. The van der Waals surface area contributed by atoms with Crippen molar-refractivity contribution in [1.29, 1.82) is 0 Å². The summed E-state index contributed by atoms with van der Waals surface area (Å²) >= 11 is 3.36. The number of halogens is 1. The SMILES string of the molecule is O=C(OC(Cc1ccc(O)c(Br)c1)C(=O)N1CCN(C2CCCC2)CC1)N1CCC(N2CCc3ccccc3NC2=O)CC1. The Labute approximate surface area is 267 Å². The van der Waals surface area contributed by atoms with Gasteiger partial charge in [-0.2, -0.15) is 0 Å². The number of hydrogen-bond acceptors (Lipinski definition) is 6. The van der Waals surface area contributed by atoms with Gasteiger partial charge in [0.2, 0.25) is 0 Å². The minimum atomic E-state index is -0.968. The van der Waals surface area contributed by atoms with E-state index in [0.717, 1.165) is 36.3 Å². The number of carbonyl (C=O) groups is 3. The molecule has 0 aromatic heterocycles. The zero-order valence-corrected chi connectivity index (χ0v) is 26.7. The molecule has 44 heavy (non-hydrogen) atoms. The number of urea groups is 1. The molecule has 2 aromatic rings. The first-order valence-electron chi connectivity index (χ1n) is 16.0. The Morgan fingerprint density at radius 1 is 0.909 bits per heavy atom. The number of amides is 4. The number of nitrogens with one attached hydrogen (secondary N) is 1. The second kappa shape index (κ2) is 13.8. The first-order chi connectivity index (χ1) is 21.4. The van der Waals surface area contributed by atoms with Gasteiger partial charge in [0.15, 0.2) is 6.10 Å². The average Bonchev–Trinajstić information content (AvgIpc) is 3.53. The second-order valence-electron chi connectivity index (χ2n) is 12.4. The lowest BCUT2D eigenvalue weighted by Gasteiger charge is -2.40. The molecule has 3 fully saturated rings. The average molecular weight is 669 g/mol. The van der Waals surface area contributed by atoms with Crippen LogP contribution in [0.4, 0.5) is 15.3 Å². The fourth-order valence-corrected chi connectivity index (χ4v) is 7.57. The van der Waals surface area contributed by atoms with Crippen LogP contribution in [0.1, 0.15) is 49.7 Å². The number of carbonyl (C=O) groups excluding carboxylic acids is 3. The van der Waals surface area contributed by atoms with Crippen molar-refractivity contribution in [3.63, 3.8) is 0 Å². The normalized spacial score (nSPS) is 21.0. The third kappa shape index (κ3) is 6.99. The van der Waals surface area contributed by atoms with Crippen molar-refractivity contribution in [1.82, 2.24) is 19.6 Å². The van der Waals surface area contributed by atoms with Crippen LogP contribution < -0.4 is 5.32 Å². The number of anilines is 1. The maximum atomic E-state index is 13.8. The fraction of sp³-hybridized carbons (Fsp3) is 0.545. The van der Waals surface area contributed by atoms with Crippen molar-refractivity contribution in [2.75, 3.05) is 51.1 Å². The van der Waals surface area contributed by atoms with Gasteiger partial charge in [0, 0.05) is 70.0 Å². The van der Waals surface area contributed by atoms with E-state index in [1.165, 1.54) is 25.7 Å². The number of aromatic hydroxyl groups is 1. The smallest absolute Gasteiger partial charge is 0.410 e. The van der Waals surface area contributed by atoms with E-state index in [4.69, 9.17) is 4.74 Å². The van der Waals surface area contributed by atoms with Crippen LogP contribution in [0.2, 0.25) is 0 Å². The van der Waals surface area contributed by atoms with Crippen molar-refractivity contribution in [2.24, 2.45) is 0 Å². The first kappa shape index (κ1) is 30.7. The number of hydrogen-bond donors (Lipinski definition) is 2. The predicted octanol–water partition coefficient (Wildman–Crippen LogP) is 4.84. The molecule has 1 aliphatic carbocycles. The largest absolute Gasteiger partial charge is 0.507 e. The summed E-state index contributed by atoms with van der Waals surface area (Å²) in [4.78, 5) is 48.2. The summed E-state index contributed by atoms with van der Waals surface area (Å²) < 4.78 is 6.51. The summed E-state index contributed by atoms with van der Waals surface area (Å²) in [5, 5.41) is 13.0. The van der Waals surface area contributed by atoms with E-state index in [-0.39, 0.29) is 30.2 Å². The number of ether oxygens (including phenoxy) is 1. The molecule has 1 saturated carbocycles. The number of phenols is 1. The number of fused-ring (bicyclic) bond motifs is 1. The van der Waals surface area contributed by atoms with E-state index >= 15 is 0 Å². The van der Waals surface area contributed by atoms with E-state index < -0.39 is 12.2 Å². The molecule has 236 valence electrons. The molecule has 6 rings (SSSR count). The van der Waals surface area contributed by atoms with Crippen LogP contribution in [0, 0.1) is 0 Å². The summed E-state index contributed by atoms with van der Waals surface area (Å²) in [7, 11) is 0.